The molecule has 1 N–H and O–H groups in total. The fraction of sp³-hybridized carbons (Fsp3) is 0.400. The van der Waals surface area contributed by atoms with Crippen LogP contribution in [0.3, 0.4) is 0 Å². The summed E-state index contributed by atoms with van der Waals surface area (Å²) in [6.07, 6.45) is -0.494. The van der Waals surface area contributed by atoms with Crippen LogP contribution in [-0.2, 0) is 6.54 Å². The molecule has 1 aromatic carbocycles. The van der Waals surface area contributed by atoms with Gasteiger partial charge in [0.25, 0.3) is 0 Å². The Kier molecular flexibility index (Phi) is 4.50. The number of hydrogen-bond acceptors (Lipinski definition) is 3. The van der Waals surface area contributed by atoms with E-state index in [-0.39, 0.29) is 0 Å². The molecule has 0 aliphatic carbocycles. The Morgan fingerprint density at radius 3 is 2.60 bits per heavy atom. The maximum atomic E-state index is 9.80. The molecular formula is C15H19BrN2O2. The van der Waals surface area contributed by atoms with Gasteiger partial charge in [0, 0.05) is 11.3 Å². The maximum absolute atomic E-state index is 9.80. The number of aliphatic hydroxyl groups is 1. The summed E-state index contributed by atoms with van der Waals surface area (Å²) in [5.74, 6) is 0.812. The lowest BCUT2D eigenvalue weighted by Crippen LogP contribution is -2.05. The van der Waals surface area contributed by atoms with Crippen molar-refractivity contribution in [2.24, 2.45) is 0 Å². The van der Waals surface area contributed by atoms with E-state index in [1.165, 1.54) is 0 Å². The Hall–Kier alpha value is -1.33. The monoisotopic (exact) mass is 338 g/mol. The van der Waals surface area contributed by atoms with E-state index in [0.29, 0.717) is 6.54 Å². The van der Waals surface area contributed by atoms with E-state index in [4.69, 9.17) is 4.74 Å². The van der Waals surface area contributed by atoms with Crippen LogP contribution in [0, 0.1) is 13.8 Å². The molecule has 0 radical (unpaired) electrons. The average molecular weight is 339 g/mol. The SMILES string of the molecule is COc1ccc(Cn2nc(C)c(C(C)O)c2C)cc1Br. The molecule has 0 saturated carbocycles. The third-order valence-corrected chi connectivity index (χ3v) is 4.02. The first kappa shape index (κ1) is 15.1. The van der Waals surface area contributed by atoms with E-state index < -0.39 is 6.10 Å². The van der Waals surface area contributed by atoms with Crippen LogP contribution in [0.25, 0.3) is 0 Å². The molecule has 0 saturated heterocycles. The van der Waals surface area contributed by atoms with E-state index in [1.54, 1.807) is 14.0 Å². The second-order valence-corrected chi connectivity index (χ2v) is 5.74. The van der Waals surface area contributed by atoms with Gasteiger partial charge in [0.1, 0.15) is 5.75 Å². The summed E-state index contributed by atoms with van der Waals surface area (Å²) in [6.45, 7) is 6.35. The molecule has 1 heterocycles. The van der Waals surface area contributed by atoms with E-state index >= 15 is 0 Å². The van der Waals surface area contributed by atoms with Crippen molar-refractivity contribution in [3.8, 4) is 5.75 Å². The lowest BCUT2D eigenvalue weighted by Gasteiger charge is -2.09. The molecule has 0 aliphatic heterocycles. The Bertz CT molecular complexity index is 621. The van der Waals surface area contributed by atoms with Crippen molar-refractivity contribution < 1.29 is 9.84 Å². The highest BCUT2D eigenvalue weighted by molar-refractivity contribution is 9.10. The van der Waals surface area contributed by atoms with Gasteiger partial charge in [-0.1, -0.05) is 6.07 Å². The van der Waals surface area contributed by atoms with Gasteiger partial charge in [-0.05, 0) is 54.4 Å². The molecule has 0 aliphatic rings. The molecule has 0 spiro atoms. The lowest BCUT2D eigenvalue weighted by atomic mass is 10.1. The first-order valence-corrected chi connectivity index (χ1v) is 7.27. The number of ether oxygens (including phenoxy) is 1. The first-order valence-electron chi connectivity index (χ1n) is 6.48. The zero-order chi connectivity index (χ0) is 14.9. The fourth-order valence-electron chi connectivity index (χ4n) is 2.45. The largest absolute Gasteiger partial charge is 0.496 e. The van der Waals surface area contributed by atoms with Crippen molar-refractivity contribution in [2.75, 3.05) is 7.11 Å². The Labute approximate surface area is 127 Å². The molecule has 0 amide bonds. The molecule has 1 unspecified atom stereocenters. The highest BCUT2D eigenvalue weighted by atomic mass is 79.9. The number of aryl methyl sites for hydroxylation is 1. The van der Waals surface area contributed by atoms with Gasteiger partial charge in [-0.25, -0.2) is 0 Å². The topological polar surface area (TPSA) is 47.3 Å². The van der Waals surface area contributed by atoms with Gasteiger partial charge in [-0.3, -0.25) is 4.68 Å². The Morgan fingerprint density at radius 2 is 2.10 bits per heavy atom. The summed E-state index contributed by atoms with van der Waals surface area (Å²) in [5.41, 5.74) is 3.92. The van der Waals surface area contributed by atoms with Crippen LogP contribution < -0.4 is 4.74 Å². The van der Waals surface area contributed by atoms with Gasteiger partial charge in [-0.15, -0.1) is 0 Å². The number of benzene rings is 1. The van der Waals surface area contributed by atoms with Gasteiger partial charge >= 0.3 is 0 Å². The number of methoxy groups -OCH3 is 1. The second-order valence-electron chi connectivity index (χ2n) is 4.89. The smallest absolute Gasteiger partial charge is 0.133 e. The molecule has 1 atom stereocenters. The zero-order valence-electron chi connectivity index (χ0n) is 12.1. The van der Waals surface area contributed by atoms with Gasteiger partial charge < -0.3 is 9.84 Å². The number of aliphatic hydroxyl groups excluding tert-OH is 1. The van der Waals surface area contributed by atoms with Crippen LogP contribution >= 0.6 is 15.9 Å². The van der Waals surface area contributed by atoms with E-state index in [0.717, 1.165) is 32.7 Å². The molecule has 20 heavy (non-hydrogen) atoms. The van der Waals surface area contributed by atoms with Crippen LogP contribution in [0.5, 0.6) is 5.75 Å². The zero-order valence-corrected chi connectivity index (χ0v) is 13.7. The summed E-state index contributed by atoms with van der Waals surface area (Å²) in [7, 11) is 1.65. The second kappa shape index (κ2) is 5.97. The normalized spacial score (nSPS) is 12.5. The highest BCUT2D eigenvalue weighted by Crippen LogP contribution is 2.27. The number of halogens is 1. The van der Waals surface area contributed by atoms with Crippen molar-refractivity contribution in [1.82, 2.24) is 9.78 Å². The molecule has 2 rings (SSSR count). The molecule has 0 bridgehead atoms. The average Bonchev–Trinajstić information content (AvgIpc) is 2.64. The summed E-state index contributed by atoms with van der Waals surface area (Å²) in [4.78, 5) is 0. The summed E-state index contributed by atoms with van der Waals surface area (Å²) >= 11 is 3.49. The van der Waals surface area contributed by atoms with Crippen LogP contribution in [0.4, 0.5) is 0 Å². The minimum Gasteiger partial charge on any atom is -0.496 e. The maximum Gasteiger partial charge on any atom is 0.133 e. The van der Waals surface area contributed by atoms with Crippen molar-refractivity contribution in [2.45, 2.75) is 33.4 Å². The molecule has 1 aromatic heterocycles. The lowest BCUT2D eigenvalue weighted by molar-refractivity contribution is 0.197. The van der Waals surface area contributed by atoms with Crippen molar-refractivity contribution in [3.63, 3.8) is 0 Å². The molecule has 2 aromatic rings. The first-order chi connectivity index (χ1) is 9.43. The summed E-state index contributed by atoms with van der Waals surface area (Å²) in [5, 5.41) is 14.3. The standard InChI is InChI=1S/C15H19BrN2O2/c1-9-15(11(3)19)10(2)18(17-9)8-12-5-6-14(20-4)13(16)7-12/h5-7,11,19H,8H2,1-4H3. The minimum absolute atomic E-state index is 0.494. The van der Waals surface area contributed by atoms with Crippen molar-refractivity contribution in [1.29, 1.82) is 0 Å². The molecule has 0 fully saturated rings. The van der Waals surface area contributed by atoms with E-state index in [2.05, 4.69) is 21.0 Å². The van der Waals surface area contributed by atoms with Crippen LogP contribution in [0.2, 0.25) is 0 Å². The predicted molar refractivity (Wildman–Crippen MR) is 82.1 cm³/mol. The minimum atomic E-state index is -0.494. The van der Waals surface area contributed by atoms with E-state index in [9.17, 15) is 5.11 Å². The molecule has 4 nitrogen and oxygen atoms in total. The van der Waals surface area contributed by atoms with Gasteiger partial charge in [0.05, 0.1) is 29.9 Å². The van der Waals surface area contributed by atoms with Crippen molar-refractivity contribution >= 4 is 15.9 Å². The number of rotatable bonds is 4. The van der Waals surface area contributed by atoms with Crippen molar-refractivity contribution in [3.05, 3.63) is 45.2 Å². The third kappa shape index (κ3) is 2.88. The number of aromatic nitrogens is 2. The van der Waals surface area contributed by atoms with Gasteiger partial charge in [0.2, 0.25) is 0 Å². The quantitative estimate of drug-likeness (QED) is 0.929. The molecular weight excluding hydrogens is 320 g/mol. The fourth-order valence-corrected chi connectivity index (χ4v) is 3.04. The molecule has 108 valence electrons. The van der Waals surface area contributed by atoms with Gasteiger partial charge in [0.15, 0.2) is 0 Å². The number of hydrogen-bond donors (Lipinski definition) is 1. The van der Waals surface area contributed by atoms with Crippen LogP contribution in [-0.4, -0.2) is 22.0 Å². The highest BCUT2D eigenvalue weighted by Gasteiger charge is 2.15. The Morgan fingerprint density at radius 1 is 1.40 bits per heavy atom. The summed E-state index contributed by atoms with van der Waals surface area (Å²) in [6, 6.07) is 5.97. The predicted octanol–water partition coefficient (Wildman–Crippen LogP) is 3.37. The van der Waals surface area contributed by atoms with Crippen LogP contribution in [0.15, 0.2) is 22.7 Å². The Balaban J connectivity index is 2.31. The van der Waals surface area contributed by atoms with E-state index in [1.807, 2.05) is 36.7 Å². The number of nitrogens with zero attached hydrogens (tertiary/aromatic N) is 2. The van der Waals surface area contributed by atoms with Crippen LogP contribution in [0.1, 0.15) is 35.5 Å². The van der Waals surface area contributed by atoms with Gasteiger partial charge in [-0.2, -0.15) is 5.10 Å². The summed E-state index contributed by atoms with van der Waals surface area (Å²) < 4.78 is 8.07. The molecule has 5 heteroatoms. The third-order valence-electron chi connectivity index (χ3n) is 3.40.